The van der Waals surface area contributed by atoms with Gasteiger partial charge in [0, 0.05) is 24.2 Å². The molecule has 3 aromatic rings. The predicted molar refractivity (Wildman–Crippen MR) is 134 cm³/mol. The first kappa shape index (κ1) is 28.6. The monoisotopic (exact) mass is 565 g/mol. The minimum atomic E-state index is -4.90. The van der Waals surface area contributed by atoms with Crippen LogP contribution in [0.5, 0.6) is 11.5 Å². The van der Waals surface area contributed by atoms with Crippen molar-refractivity contribution in [1.82, 2.24) is 9.88 Å². The predicted octanol–water partition coefficient (Wildman–Crippen LogP) is 4.26. The summed E-state index contributed by atoms with van der Waals surface area (Å²) < 4.78 is 73.3. The van der Waals surface area contributed by atoms with Crippen LogP contribution in [0.15, 0.2) is 65.6 Å². The van der Waals surface area contributed by atoms with Crippen molar-refractivity contribution in [1.29, 1.82) is 0 Å². The number of pyridine rings is 1. The maximum absolute atomic E-state index is 13.7. The number of aryl methyl sites for hydroxylation is 1. The number of hydrogen-bond donors (Lipinski definition) is 1. The number of ether oxygens (including phenoxy) is 2. The van der Waals surface area contributed by atoms with Crippen LogP contribution < -0.4 is 25.2 Å². The van der Waals surface area contributed by atoms with E-state index in [1.165, 1.54) is 24.3 Å². The molecule has 212 valence electrons. The fraction of sp³-hybridized carbons (Fsp3) is 0.296. The Morgan fingerprint density at radius 2 is 1.65 bits per heavy atom. The van der Waals surface area contributed by atoms with Crippen LogP contribution in [-0.4, -0.2) is 48.9 Å². The summed E-state index contributed by atoms with van der Waals surface area (Å²) in [5.74, 6) is -2.06. The molecule has 0 spiro atoms. The van der Waals surface area contributed by atoms with Crippen LogP contribution in [0.3, 0.4) is 0 Å². The van der Waals surface area contributed by atoms with Crippen molar-refractivity contribution < 1.29 is 41.0 Å². The van der Waals surface area contributed by atoms with E-state index in [0.29, 0.717) is 16.9 Å². The van der Waals surface area contributed by atoms with Crippen LogP contribution in [0.2, 0.25) is 0 Å². The number of aromatic nitrogens is 1. The zero-order valence-corrected chi connectivity index (χ0v) is 21.2. The number of methoxy groups -OCH3 is 1. The number of benzene rings is 2. The SMILES string of the molecule is COc1ccc([C@@H]2CN(c3c(C)ccn(CC(F)F)c3=O)C(=O)[C@H]2NC(=O)c2ccc(OC(F)(F)F)cc2)cc1. The summed E-state index contributed by atoms with van der Waals surface area (Å²) in [5, 5.41) is 2.62. The molecule has 2 amide bonds. The molecule has 0 saturated carbocycles. The highest BCUT2D eigenvalue weighted by atomic mass is 19.4. The Morgan fingerprint density at radius 1 is 1.02 bits per heavy atom. The Bertz CT molecular complexity index is 1440. The molecule has 2 aromatic carbocycles. The standard InChI is InChI=1S/C27H24F5N3O5/c1-15-11-12-34(14-21(28)29)26(38)23(15)35-13-20(16-3-7-18(39-2)8-4-16)22(25(35)37)33-24(36)17-5-9-19(10-6-17)40-27(30,31)32/h3-12,20-22H,13-14H2,1-2H3,(H,33,36)/t20-,22-/m0/s1. The lowest BCUT2D eigenvalue weighted by atomic mass is 9.93. The third kappa shape index (κ3) is 6.24. The summed E-state index contributed by atoms with van der Waals surface area (Å²) in [6.07, 6.45) is -6.48. The first-order valence-electron chi connectivity index (χ1n) is 12.0. The second-order valence-corrected chi connectivity index (χ2v) is 9.05. The minimum absolute atomic E-state index is 0.0376. The van der Waals surface area contributed by atoms with E-state index in [0.717, 1.165) is 28.8 Å². The number of hydrogen-bond acceptors (Lipinski definition) is 5. The highest BCUT2D eigenvalue weighted by molar-refractivity contribution is 6.05. The topological polar surface area (TPSA) is 89.9 Å². The van der Waals surface area contributed by atoms with Crippen LogP contribution in [0, 0.1) is 6.92 Å². The number of anilines is 1. The Labute approximate surface area is 224 Å². The Morgan fingerprint density at radius 3 is 2.23 bits per heavy atom. The lowest BCUT2D eigenvalue weighted by molar-refractivity contribution is -0.274. The number of halogens is 5. The molecular formula is C27H24F5N3O5. The molecule has 1 N–H and O–H groups in total. The van der Waals surface area contributed by atoms with Gasteiger partial charge < -0.3 is 24.3 Å². The number of carbonyl (C=O) groups excluding carboxylic acids is 2. The molecule has 1 aliphatic rings. The maximum Gasteiger partial charge on any atom is 0.573 e. The van der Waals surface area contributed by atoms with Gasteiger partial charge in [0.2, 0.25) is 5.91 Å². The van der Waals surface area contributed by atoms with E-state index in [1.54, 1.807) is 31.2 Å². The number of carbonyl (C=O) groups is 2. The molecule has 13 heteroatoms. The molecule has 0 unspecified atom stereocenters. The molecule has 1 aromatic heterocycles. The van der Waals surface area contributed by atoms with Gasteiger partial charge in [-0.25, -0.2) is 8.78 Å². The molecule has 0 bridgehead atoms. The van der Waals surface area contributed by atoms with Gasteiger partial charge in [-0.2, -0.15) is 0 Å². The third-order valence-electron chi connectivity index (χ3n) is 6.44. The van der Waals surface area contributed by atoms with Gasteiger partial charge in [-0.05, 0) is 60.5 Å². The van der Waals surface area contributed by atoms with Crippen LogP contribution in [0.1, 0.15) is 27.4 Å². The molecule has 2 atom stereocenters. The fourth-order valence-corrected chi connectivity index (χ4v) is 4.55. The molecule has 4 rings (SSSR count). The Kier molecular flexibility index (Phi) is 8.12. The highest BCUT2D eigenvalue weighted by Gasteiger charge is 2.44. The molecule has 2 heterocycles. The molecule has 8 nitrogen and oxygen atoms in total. The lowest BCUT2D eigenvalue weighted by Gasteiger charge is -2.20. The first-order valence-corrected chi connectivity index (χ1v) is 12.0. The normalized spacial score (nSPS) is 17.3. The van der Waals surface area contributed by atoms with Gasteiger partial charge >= 0.3 is 6.36 Å². The van der Waals surface area contributed by atoms with E-state index < -0.39 is 54.4 Å². The van der Waals surface area contributed by atoms with Gasteiger partial charge in [0.15, 0.2) is 0 Å². The molecule has 1 saturated heterocycles. The van der Waals surface area contributed by atoms with Gasteiger partial charge in [-0.15, -0.1) is 13.2 Å². The number of nitrogens with zero attached hydrogens (tertiary/aromatic N) is 2. The maximum atomic E-state index is 13.7. The highest BCUT2D eigenvalue weighted by Crippen LogP contribution is 2.33. The van der Waals surface area contributed by atoms with Crippen molar-refractivity contribution in [3.05, 3.63) is 87.8 Å². The zero-order chi connectivity index (χ0) is 29.2. The minimum Gasteiger partial charge on any atom is -0.497 e. The van der Waals surface area contributed by atoms with E-state index >= 15 is 0 Å². The first-order chi connectivity index (χ1) is 18.9. The summed E-state index contributed by atoms with van der Waals surface area (Å²) >= 11 is 0. The number of alkyl halides is 5. The second kappa shape index (κ2) is 11.4. The van der Waals surface area contributed by atoms with E-state index in [-0.39, 0.29) is 17.8 Å². The fourth-order valence-electron chi connectivity index (χ4n) is 4.55. The van der Waals surface area contributed by atoms with Crippen molar-refractivity contribution >= 4 is 17.5 Å². The molecule has 1 fully saturated rings. The summed E-state index contributed by atoms with van der Waals surface area (Å²) in [6, 6.07) is 11.1. The molecular weight excluding hydrogens is 541 g/mol. The molecule has 0 radical (unpaired) electrons. The summed E-state index contributed by atoms with van der Waals surface area (Å²) in [5.41, 5.74) is 0.0952. The molecule has 40 heavy (non-hydrogen) atoms. The van der Waals surface area contributed by atoms with E-state index in [1.807, 2.05) is 0 Å². The number of amides is 2. The number of nitrogens with one attached hydrogen (secondary N) is 1. The van der Waals surface area contributed by atoms with Gasteiger partial charge in [-0.3, -0.25) is 14.4 Å². The smallest absolute Gasteiger partial charge is 0.497 e. The molecule has 1 aliphatic heterocycles. The third-order valence-corrected chi connectivity index (χ3v) is 6.44. The summed E-state index contributed by atoms with van der Waals surface area (Å²) in [6.45, 7) is 0.656. The van der Waals surface area contributed by atoms with Crippen LogP contribution in [0.25, 0.3) is 0 Å². The van der Waals surface area contributed by atoms with Gasteiger partial charge in [-0.1, -0.05) is 12.1 Å². The van der Waals surface area contributed by atoms with Crippen molar-refractivity contribution in [3.8, 4) is 11.5 Å². The van der Waals surface area contributed by atoms with E-state index in [9.17, 15) is 36.3 Å². The largest absolute Gasteiger partial charge is 0.573 e. The van der Waals surface area contributed by atoms with Gasteiger partial charge in [0.1, 0.15) is 23.2 Å². The van der Waals surface area contributed by atoms with E-state index in [4.69, 9.17) is 4.74 Å². The van der Waals surface area contributed by atoms with Gasteiger partial charge in [0.05, 0.1) is 13.7 Å². The average Bonchev–Trinajstić information content (AvgIpc) is 3.20. The average molecular weight is 565 g/mol. The quantitative estimate of drug-likeness (QED) is 0.413. The van der Waals surface area contributed by atoms with Crippen molar-refractivity contribution in [2.45, 2.75) is 38.2 Å². The summed E-state index contributed by atoms with van der Waals surface area (Å²) in [4.78, 5) is 41.0. The zero-order valence-electron chi connectivity index (χ0n) is 21.2. The van der Waals surface area contributed by atoms with Crippen LogP contribution in [-0.2, 0) is 11.3 Å². The van der Waals surface area contributed by atoms with Crippen molar-refractivity contribution in [2.24, 2.45) is 0 Å². The van der Waals surface area contributed by atoms with E-state index in [2.05, 4.69) is 10.1 Å². The van der Waals surface area contributed by atoms with Gasteiger partial charge in [0.25, 0.3) is 17.9 Å². The Hall–Kier alpha value is -4.42. The van der Waals surface area contributed by atoms with Crippen molar-refractivity contribution in [2.75, 3.05) is 18.6 Å². The van der Waals surface area contributed by atoms with Crippen molar-refractivity contribution in [3.63, 3.8) is 0 Å². The van der Waals surface area contributed by atoms with Crippen LogP contribution in [0.4, 0.5) is 27.6 Å². The summed E-state index contributed by atoms with van der Waals surface area (Å²) in [7, 11) is 1.48. The Balaban J connectivity index is 1.67. The molecule has 0 aliphatic carbocycles. The second-order valence-electron chi connectivity index (χ2n) is 9.05. The lowest BCUT2D eigenvalue weighted by Crippen LogP contribution is -2.44. The van der Waals surface area contributed by atoms with Crippen LogP contribution >= 0.6 is 0 Å². The number of rotatable bonds is 8.